The van der Waals surface area contributed by atoms with Gasteiger partial charge in [0.25, 0.3) is 0 Å². The van der Waals surface area contributed by atoms with Crippen molar-refractivity contribution in [2.24, 2.45) is 5.92 Å². The second kappa shape index (κ2) is 6.57. The van der Waals surface area contributed by atoms with E-state index in [2.05, 4.69) is 10.4 Å². The van der Waals surface area contributed by atoms with E-state index in [0.717, 1.165) is 11.8 Å². The van der Waals surface area contributed by atoms with E-state index in [9.17, 15) is 18.0 Å². The lowest BCUT2D eigenvalue weighted by Gasteiger charge is -2.12. The number of alkyl halides is 3. The van der Waals surface area contributed by atoms with Gasteiger partial charge < -0.3 is 5.32 Å². The number of hydrogen-bond donors (Lipinski definition) is 1. The van der Waals surface area contributed by atoms with E-state index in [0.29, 0.717) is 12.1 Å². The largest absolute Gasteiger partial charge is 0.416 e. The lowest BCUT2D eigenvalue weighted by atomic mass is 10.0. The molecule has 1 aliphatic rings. The number of benzene rings is 2. The summed E-state index contributed by atoms with van der Waals surface area (Å²) in [6, 6.07) is 14.4. The summed E-state index contributed by atoms with van der Waals surface area (Å²) in [6.07, 6.45) is -0.519. The number of aromatic nitrogens is 2. The molecule has 2 aromatic carbocycles. The normalized spacial score (nSPS) is 18.9. The smallest absolute Gasteiger partial charge is 0.326 e. The Balaban J connectivity index is 1.44. The Bertz CT molecular complexity index is 949. The number of carbonyl (C=O) groups is 1. The van der Waals surface area contributed by atoms with Crippen LogP contribution in [0.25, 0.3) is 5.69 Å². The maximum Gasteiger partial charge on any atom is 0.416 e. The number of carbonyl (C=O) groups excluding carboxylic acids is 1. The van der Waals surface area contributed by atoms with Gasteiger partial charge in [0.1, 0.15) is 0 Å². The fourth-order valence-corrected chi connectivity index (χ4v) is 3.26. The molecule has 0 radical (unpaired) electrons. The van der Waals surface area contributed by atoms with E-state index in [1.54, 1.807) is 35.3 Å². The summed E-state index contributed by atoms with van der Waals surface area (Å²) in [4.78, 5) is 12.4. The molecule has 4 nitrogen and oxygen atoms in total. The summed E-state index contributed by atoms with van der Waals surface area (Å²) >= 11 is 0. The van der Waals surface area contributed by atoms with Gasteiger partial charge in [0.15, 0.2) is 0 Å². The number of rotatable bonds is 4. The van der Waals surface area contributed by atoms with Crippen LogP contribution in [0.5, 0.6) is 0 Å². The second-order valence-corrected chi connectivity index (χ2v) is 6.52. The molecule has 1 N–H and O–H groups in total. The summed E-state index contributed by atoms with van der Waals surface area (Å²) in [6.45, 7) is 0. The molecule has 7 heteroatoms. The first kappa shape index (κ1) is 17.3. The fourth-order valence-electron chi connectivity index (χ4n) is 3.26. The van der Waals surface area contributed by atoms with Gasteiger partial charge in [-0.2, -0.15) is 18.3 Å². The van der Waals surface area contributed by atoms with Crippen LogP contribution in [0.3, 0.4) is 0 Å². The van der Waals surface area contributed by atoms with Crippen molar-refractivity contribution in [3.8, 4) is 5.69 Å². The molecule has 27 heavy (non-hydrogen) atoms. The van der Waals surface area contributed by atoms with Gasteiger partial charge in [-0.1, -0.05) is 18.2 Å². The first-order valence-electron chi connectivity index (χ1n) is 8.50. The van der Waals surface area contributed by atoms with E-state index in [1.807, 2.05) is 18.2 Å². The summed E-state index contributed by atoms with van der Waals surface area (Å²) in [7, 11) is 0. The highest BCUT2D eigenvalue weighted by atomic mass is 19.4. The van der Waals surface area contributed by atoms with Gasteiger partial charge in [0.05, 0.1) is 11.3 Å². The highest BCUT2D eigenvalue weighted by molar-refractivity contribution is 5.95. The third kappa shape index (κ3) is 3.58. The van der Waals surface area contributed by atoms with Crippen molar-refractivity contribution in [2.75, 3.05) is 5.32 Å². The lowest BCUT2D eigenvalue weighted by molar-refractivity contribution is -0.138. The summed E-state index contributed by atoms with van der Waals surface area (Å²) < 4.78 is 41.2. The number of halogens is 3. The third-order valence-corrected chi connectivity index (χ3v) is 4.70. The first-order valence-corrected chi connectivity index (χ1v) is 8.50. The average molecular weight is 371 g/mol. The first-order chi connectivity index (χ1) is 12.9. The van der Waals surface area contributed by atoms with Gasteiger partial charge in [-0.05, 0) is 54.3 Å². The van der Waals surface area contributed by atoms with E-state index in [4.69, 9.17) is 0 Å². The molecule has 0 unspecified atom stereocenters. The molecule has 0 aliphatic heterocycles. The molecular formula is C20H16F3N3O. The van der Waals surface area contributed by atoms with Crippen molar-refractivity contribution < 1.29 is 18.0 Å². The Morgan fingerprint density at radius 1 is 1.07 bits per heavy atom. The van der Waals surface area contributed by atoms with Crippen LogP contribution in [0.1, 0.15) is 23.5 Å². The average Bonchev–Trinajstić information content (AvgIpc) is 3.27. The molecule has 1 amide bonds. The molecule has 2 atom stereocenters. The summed E-state index contributed by atoms with van der Waals surface area (Å²) in [5, 5.41) is 6.91. The molecule has 3 aromatic rings. The van der Waals surface area contributed by atoms with Gasteiger partial charge in [0.2, 0.25) is 5.91 Å². The van der Waals surface area contributed by atoms with Crippen LogP contribution in [-0.4, -0.2) is 15.7 Å². The predicted octanol–water partition coefficient (Wildman–Crippen LogP) is 4.63. The van der Waals surface area contributed by atoms with Crippen molar-refractivity contribution in [1.29, 1.82) is 0 Å². The summed E-state index contributed by atoms with van der Waals surface area (Å²) in [5.41, 5.74) is 0.986. The minimum atomic E-state index is -4.41. The van der Waals surface area contributed by atoms with Crippen LogP contribution < -0.4 is 5.32 Å². The molecule has 138 valence electrons. The Kier molecular flexibility index (Phi) is 4.22. The fraction of sp³-hybridized carbons (Fsp3) is 0.200. The van der Waals surface area contributed by atoms with E-state index in [-0.39, 0.29) is 11.5 Å². The molecule has 1 heterocycles. The number of nitrogens with zero attached hydrogens (tertiary/aromatic N) is 2. The molecule has 0 bridgehead atoms. The van der Waals surface area contributed by atoms with Gasteiger partial charge >= 0.3 is 6.18 Å². The van der Waals surface area contributed by atoms with Crippen molar-refractivity contribution in [1.82, 2.24) is 9.78 Å². The van der Waals surface area contributed by atoms with Gasteiger partial charge in [-0.3, -0.25) is 4.79 Å². The SMILES string of the molecule is O=C(Nc1ccc(-n2cccn2)cc1)[C@H]1C[C@H]1c1ccccc1C(F)(F)F. The zero-order valence-corrected chi connectivity index (χ0v) is 14.1. The van der Waals surface area contributed by atoms with E-state index < -0.39 is 23.6 Å². The Morgan fingerprint density at radius 2 is 1.81 bits per heavy atom. The quantitative estimate of drug-likeness (QED) is 0.727. The highest BCUT2D eigenvalue weighted by Crippen LogP contribution is 2.51. The van der Waals surface area contributed by atoms with Crippen LogP contribution in [0.4, 0.5) is 18.9 Å². The Hall–Kier alpha value is -3.09. The van der Waals surface area contributed by atoms with Gasteiger partial charge in [0, 0.05) is 24.0 Å². The zero-order chi connectivity index (χ0) is 19.0. The molecule has 0 spiro atoms. The summed E-state index contributed by atoms with van der Waals surface area (Å²) in [5.74, 6) is -1.10. The van der Waals surface area contributed by atoms with Crippen molar-refractivity contribution in [2.45, 2.75) is 18.5 Å². The molecule has 4 rings (SSSR count). The minimum Gasteiger partial charge on any atom is -0.326 e. The highest BCUT2D eigenvalue weighted by Gasteiger charge is 2.47. The van der Waals surface area contributed by atoms with E-state index in [1.165, 1.54) is 12.1 Å². The molecule has 1 saturated carbocycles. The third-order valence-electron chi connectivity index (χ3n) is 4.70. The maximum atomic E-state index is 13.2. The molecule has 1 aromatic heterocycles. The standard InChI is InChI=1S/C20H16F3N3O/c21-20(22,23)18-5-2-1-4-15(18)16-12-17(16)19(27)25-13-6-8-14(9-7-13)26-11-3-10-24-26/h1-11,16-17H,12H2,(H,25,27)/t16-,17-/m0/s1. The van der Waals surface area contributed by atoms with Gasteiger partial charge in [-0.15, -0.1) is 0 Å². The Labute approximate surface area is 153 Å². The second-order valence-electron chi connectivity index (χ2n) is 6.52. The number of amides is 1. The van der Waals surface area contributed by atoms with Crippen LogP contribution in [0.15, 0.2) is 67.0 Å². The zero-order valence-electron chi connectivity index (χ0n) is 14.1. The Morgan fingerprint density at radius 3 is 2.48 bits per heavy atom. The van der Waals surface area contributed by atoms with Crippen molar-refractivity contribution in [3.05, 3.63) is 78.1 Å². The number of hydrogen-bond acceptors (Lipinski definition) is 2. The topological polar surface area (TPSA) is 46.9 Å². The number of anilines is 1. The van der Waals surface area contributed by atoms with Crippen LogP contribution in [0.2, 0.25) is 0 Å². The van der Waals surface area contributed by atoms with Crippen molar-refractivity contribution in [3.63, 3.8) is 0 Å². The molecule has 1 fully saturated rings. The molecular weight excluding hydrogens is 355 g/mol. The minimum absolute atomic E-state index is 0.194. The molecule has 0 saturated heterocycles. The monoisotopic (exact) mass is 371 g/mol. The number of nitrogens with one attached hydrogen (secondary N) is 1. The molecule has 1 aliphatic carbocycles. The van der Waals surface area contributed by atoms with Crippen LogP contribution in [-0.2, 0) is 11.0 Å². The predicted molar refractivity (Wildman–Crippen MR) is 94.5 cm³/mol. The van der Waals surface area contributed by atoms with E-state index >= 15 is 0 Å². The van der Waals surface area contributed by atoms with Crippen LogP contribution in [0, 0.1) is 5.92 Å². The van der Waals surface area contributed by atoms with Gasteiger partial charge in [-0.25, -0.2) is 4.68 Å². The van der Waals surface area contributed by atoms with Crippen LogP contribution >= 0.6 is 0 Å². The lowest BCUT2D eigenvalue weighted by Crippen LogP contribution is -2.15. The maximum absolute atomic E-state index is 13.2. The van der Waals surface area contributed by atoms with Crippen molar-refractivity contribution >= 4 is 11.6 Å².